The number of hydrogen-bond acceptors (Lipinski definition) is 4. The van der Waals surface area contributed by atoms with Gasteiger partial charge in [0.15, 0.2) is 20.6 Å². The van der Waals surface area contributed by atoms with Gasteiger partial charge in [0.25, 0.3) is 0 Å². The predicted molar refractivity (Wildman–Crippen MR) is 77.0 cm³/mol. The molecular weight excluding hydrogens is 282 g/mol. The van der Waals surface area contributed by atoms with Crippen molar-refractivity contribution in [1.82, 2.24) is 5.32 Å². The molecule has 20 heavy (non-hydrogen) atoms. The molecule has 1 aromatic carbocycles. The van der Waals surface area contributed by atoms with Crippen LogP contribution in [0.1, 0.15) is 0 Å². The summed E-state index contributed by atoms with van der Waals surface area (Å²) >= 11 is 0. The number of rotatable bonds is 5. The molecule has 1 aliphatic heterocycles. The Morgan fingerprint density at radius 1 is 1.30 bits per heavy atom. The normalized spacial score (nSPS) is 17.1. The molecule has 2 rings (SSSR count). The minimum absolute atomic E-state index is 0.0505. The average molecular weight is 302 g/mol. The maximum atomic E-state index is 13.9. The van der Waals surface area contributed by atoms with Crippen LogP contribution in [0.5, 0.6) is 5.75 Å². The van der Waals surface area contributed by atoms with Crippen LogP contribution in [0.4, 0.5) is 14.5 Å². The molecule has 0 saturated carbocycles. The highest BCUT2D eigenvalue weighted by Gasteiger charge is 2.18. The van der Waals surface area contributed by atoms with Gasteiger partial charge in [-0.25, -0.2) is 8.78 Å². The second-order valence-corrected chi connectivity index (χ2v) is 7.23. The maximum absolute atomic E-state index is 13.9. The Morgan fingerprint density at radius 3 is 2.65 bits per heavy atom. The summed E-state index contributed by atoms with van der Waals surface area (Å²) < 4.78 is 32.9. The van der Waals surface area contributed by atoms with Crippen LogP contribution < -0.4 is 15.0 Å². The van der Waals surface area contributed by atoms with Gasteiger partial charge in [-0.1, -0.05) is 0 Å². The Labute approximate surface area is 119 Å². The lowest BCUT2D eigenvalue weighted by Gasteiger charge is -2.30. The highest BCUT2D eigenvalue weighted by atomic mass is 28.3. The number of benzene rings is 1. The van der Waals surface area contributed by atoms with Gasteiger partial charge in [-0.3, -0.25) is 0 Å². The third-order valence-electron chi connectivity index (χ3n) is 3.25. The van der Waals surface area contributed by atoms with Crippen LogP contribution in [0.15, 0.2) is 12.1 Å². The molecule has 4 nitrogen and oxygen atoms in total. The third kappa shape index (κ3) is 3.91. The SMILES string of the molecule is C[SiH](O)CCOc1cc(N2CCNCC2)c(F)cc1F. The van der Waals surface area contributed by atoms with Crippen LogP contribution in [-0.2, 0) is 0 Å². The van der Waals surface area contributed by atoms with Crippen molar-refractivity contribution in [3.8, 4) is 5.75 Å². The van der Waals surface area contributed by atoms with Gasteiger partial charge in [0, 0.05) is 38.3 Å². The van der Waals surface area contributed by atoms with Crippen molar-refractivity contribution in [1.29, 1.82) is 0 Å². The fourth-order valence-electron chi connectivity index (χ4n) is 2.12. The van der Waals surface area contributed by atoms with E-state index >= 15 is 0 Å². The van der Waals surface area contributed by atoms with E-state index in [1.54, 1.807) is 6.55 Å². The lowest BCUT2D eigenvalue weighted by atomic mass is 10.2. The zero-order chi connectivity index (χ0) is 14.5. The molecule has 0 aliphatic carbocycles. The molecule has 112 valence electrons. The van der Waals surface area contributed by atoms with Gasteiger partial charge in [0.2, 0.25) is 0 Å². The van der Waals surface area contributed by atoms with Gasteiger partial charge in [-0.2, -0.15) is 0 Å². The fraction of sp³-hybridized carbons (Fsp3) is 0.538. The molecular formula is C13H20F2N2O2Si. The first-order valence-corrected chi connectivity index (χ1v) is 9.32. The molecule has 1 unspecified atom stereocenters. The summed E-state index contributed by atoms with van der Waals surface area (Å²) in [6, 6.07) is 2.83. The quantitative estimate of drug-likeness (QED) is 0.800. The monoisotopic (exact) mass is 302 g/mol. The topological polar surface area (TPSA) is 44.7 Å². The Balaban J connectivity index is 2.11. The van der Waals surface area contributed by atoms with Gasteiger partial charge in [0.1, 0.15) is 5.82 Å². The Hall–Kier alpha value is -1.18. The summed E-state index contributed by atoms with van der Waals surface area (Å²) in [5, 5.41) is 3.18. The van der Waals surface area contributed by atoms with Crippen LogP contribution in [0.2, 0.25) is 12.6 Å². The smallest absolute Gasteiger partial charge is 0.172 e. The standard InChI is InChI=1S/C13H20F2N2O2Si/c1-20(18)7-6-19-13-9-12(10(14)8-11(13)15)17-4-2-16-3-5-17/h8-9,16,18,20H,2-7H2,1H3. The number of nitrogens with zero attached hydrogens (tertiary/aromatic N) is 1. The van der Waals surface area contributed by atoms with E-state index in [0.717, 1.165) is 19.2 Å². The lowest BCUT2D eigenvalue weighted by molar-refractivity contribution is 0.315. The summed E-state index contributed by atoms with van der Waals surface area (Å²) in [6.45, 7) is 4.95. The van der Waals surface area contributed by atoms with Gasteiger partial charge in [0.05, 0.1) is 12.3 Å². The van der Waals surface area contributed by atoms with Crippen LogP contribution in [0, 0.1) is 11.6 Å². The first-order chi connectivity index (χ1) is 9.58. The van der Waals surface area contributed by atoms with E-state index in [0.29, 0.717) is 24.8 Å². The molecule has 1 heterocycles. The average Bonchev–Trinajstić information content (AvgIpc) is 2.42. The Kier molecular flexibility index (Phi) is 5.33. The lowest BCUT2D eigenvalue weighted by Crippen LogP contribution is -2.43. The molecule has 0 amide bonds. The van der Waals surface area contributed by atoms with Crippen LogP contribution in [0.3, 0.4) is 0 Å². The van der Waals surface area contributed by atoms with E-state index < -0.39 is 20.7 Å². The minimum atomic E-state index is -1.72. The van der Waals surface area contributed by atoms with Crippen molar-refractivity contribution in [3.05, 3.63) is 23.8 Å². The van der Waals surface area contributed by atoms with Crippen LogP contribution >= 0.6 is 0 Å². The summed E-state index contributed by atoms with van der Waals surface area (Å²) in [5.41, 5.74) is 0.372. The summed E-state index contributed by atoms with van der Waals surface area (Å²) in [7, 11) is -1.72. The number of halogens is 2. The molecule has 1 saturated heterocycles. The second kappa shape index (κ2) is 7.01. The van der Waals surface area contributed by atoms with E-state index in [-0.39, 0.29) is 12.4 Å². The molecule has 0 radical (unpaired) electrons. The van der Waals surface area contributed by atoms with Crippen molar-refractivity contribution in [2.24, 2.45) is 0 Å². The number of anilines is 1. The second-order valence-electron chi connectivity index (χ2n) is 4.96. The summed E-state index contributed by atoms with van der Waals surface area (Å²) in [6.07, 6.45) is 0. The van der Waals surface area contributed by atoms with Crippen molar-refractivity contribution in [3.63, 3.8) is 0 Å². The van der Waals surface area contributed by atoms with Crippen molar-refractivity contribution >= 4 is 14.7 Å². The summed E-state index contributed by atoms with van der Waals surface area (Å²) in [5.74, 6) is -1.22. The van der Waals surface area contributed by atoms with E-state index in [9.17, 15) is 13.6 Å². The predicted octanol–water partition coefficient (Wildman–Crippen LogP) is 1.10. The van der Waals surface area contributed by atoms with E-state index in [4.69, 9.17) is 4.74 Å². The van der Waals surface area contributed by atoms with Gasteiger partial charge in [-0.15, -0.1) is 0 Å². The van der Waals surface area contributed by atoms with Crippen LogP contribution in [0.25, 0.3) is 0 Å². The Bertz CT molecular complexity index is 454. The Morgan fingerprint density at radius 2 is 2.00 bits per heavy atom. The van der Waals surface area contributed by atoms with Crippen molar-refractivity contribution in [2.75, 3.05) is 37.7 Å². The molecule has 0 aromatic heterocycles. The largest absolute Gasteiger partial charge is 0.491 e. The molecule has 2 N–H and O–H groups in total. The van der Waals surface area contributed by atoms with Gasteiger partial charge >= 0.3 is 0 Å². The molecule has 1 atom stereocenters. The highest BCUT2D eigenvalue weighted by Crippen LogP contribution is 2.28. The molecule has 1 fully saturated rings. The van der Waals surface area contributed by atoms with E-state index in [1.165, 1.54) is 6.07 Å². The summed E-state index contributed by atoms with van der Waals surface area (Å²) in [4.78, 5) is 11.2. The molecule has 1 aromatic rings. The van der Waals surface area contributed by atoms with E-state index in [1.807, 2.05) is 4.90 Å². The fourth-order valence-corrected chi connectivity index (χ4v) is 2.58. The van der Waals surface area contributed by atoms with Crippen molar-refractivity contribution < 1.29 is 18.3 Å². The molecule has 0 spiro atoms. The number of nitrogens with one attached hydrogen (secondary N) is 1. The van der Waals surface area contributed by atoms with E-state index in [2.05, 4.69) is 5.32 Å². The highest BCUT2D eigenvalue weighted by molar-refractivity contribution is 6.48. The number of ether oxygens (including phenoxy) is 1. The zero-order valence-corrected chi connectivity index (χ0v) is 12.7. The van der Waals surface area contributed by atoms with Gasteiger partial charge in [-0.05, 0) is 12.6 Å². The number of hydrogen-bond donors (Lipinski definition) is 2. The zero-order valence-electron chi connectivity index (χ0n) is 11.5. The minimum Gasteiger partial charge on any atom is -0.491 e. The first-order valence-electron chi connectivity index (χ1n) is 6.83. The maximum Gasteiger partial charge on any atom is 0.172 e. The van der Waals surface area contributed by atoms with Crippen LogP contribution in [-0.4, -0.2) is 46.6 Å². The first kappa shape index (κ1) is 15.2. The third-order valence-corrected chi connectivity index (χ3v) is 4.32. The molecule has 1 aliphatic rings. The number of piperazine rings is 1. The molecule has 7 heteroatoms. The van der Waals surface area contributed by atoms with Gasteiger partial charge < -0.3 is 19.7 Å². The van der Waals surface area contributed by atoms with Crippen molar-refractivity contribution in [2.45, 2.75) is 12.6 Å². The molecule has 0 bridgehead atoms.